The van der Waals surface area contributed by atoms with E-state index in [2.05, 4.69) is 32.3 Å². The standard InChI is InChI=1S/C17H13BrN4O/c1-11(23)12-2-3-13(7-19)16(6-12)20-8-15-10-22-9-14(18)4-5-17(22)21-15/h2-6,9-10,20H,8H2,1H3. The lowest BCUT2D eigenvalue weighted by molar-refractivity contribution is 0.101. The highest BCUT2D eigenvalue weighted by Crippen LogP contribution is 2.19. The number of imidazole rings is 1. The van der Waals surface area contributed by atoms with Crippen molar-refractivity contribution >= 4 is 33.0 Å². The van der Waals surface area contributed by atoms with Crippen LogP contribution < -0.4 is 5.32 Å². The molecule has 0 radical (unpaired) electrons. The Morgan fingerprint density at radius 3 is 2.91 bits per heavy atom. The van der Waals surface area contributed by atoms with Gasteiger partial charge in [-0.15, -0.1) is 0 Å². The highest BCUT2D eigenvalue weighted by Gasteiger charge is 2.08. The zero-order valence-corrected chi connectivity index (χ0v) is 14.0. The highest BCUT2D eigenvalue weighted by atomic mass is 79.9. The van der Waals surface area contributed by atoms with Gasteiger partial charge in [-0.05, 0) is 53.2 Å². The molecule has 3 rings (SSSR count). The minimum atomic E-state index is -0.0323. The van der Waals surface area contributed by atoms with Gasteiger partial charge in [0.15, 0.2) is 5.78 Å². The molecule has 5 nitrogen and oxygen atoms in total. The minimum absolute atomic E-state index is 0.0323. The normalized spacial score (nSPS) is 10.5. The Kier molecular flexibility index (Phi) is 4.13. The van der Waals surface area contributed by atoms with Crippen LogP contribution in [0.2, 0.25) is 0 Å². The number of benzene rings is 1. The summed E-state index contributed by atoms with van der Waals surface area (Å²) >= 11 is 3.43. The lowest BCUT2D eigenvalue weighted by atomic mass is 10.1. The van der Waals surface area contributed by atoms with E-state index in [9.17, 15) is 10.1 Å². The maximum atomic E-state index is 11.5. The van der Waals surface area contributed by atoms with Gasteiger partial charge in [0.25, 0.3) is 0 Å². The average Bonchev–Trinajstić information content (AvgIpc) is 2.94. The van der Waals surface area contributed by atoms with Crippen molar-refractivity contribution in [2.75, 3.05) is 5.32 Å². The molecule has 0 aliphatic carbocycles. The molecule has 2 aromatic heterocycles. The van der Waals surface area contributed by atoms with Crippen LogP contribution in [0.4, 0.5) is 5.69 Å². The van der Waals surface area contributed by atoms with Crippen molar-refractivity contribution in [3.63, 3.8) is 0 Å². The predicted octanol–water partition coefficient (Wildman–Crippen LogP) is 3.78. The van der Waals surface area contributed by atoms with E-state index in [0.29, 0.717) is 23.4 Å². The number of rotatable bonds is 4. The maximum Gasteiger partial charge on any atom is 0.159 e. The zero-order valence-electron chi connectivity index (χ0n) is 12.4. The first-order valence-electron chi connectivity index (χ1n) is 6.99. The van der Waals surface area contributed by atoms with Gasteiger partial charge >= 0.3 is 0 Å². The number of nitrogens with one attached hydrogen (secondary N) is 1. The van der Waals surface area contributed by atoms with Crippen LogP contribution >= 0.6 is 15.9 Å². The van der Waals surface area contributed by atoms with E-state index < -0.39 is 0 Å². The Labute approximate surface area is 141 Å². The zero-order chi connectivity index (χ0) is 16.4. The lowest BCUT2D eigenvalue weighted by Crippen LogP contribution is -2.03. The van der Waals surface area contributed by atoms with E-state index in [-0.39, 0.29) is 5.78 Å². The van der Waals surface area contributed by atoms with Crippen molar-refractivity contribution in [1.82, 2.24) is 9.38 Å². The van der Waals surface area contributed by atoms with Gasteiger partial charge in [-0.25, -0.2) is 4.98 Å². The molecule has 114 valence electrons. The number of anilines is 1. The number of hydrogen-bond acceptors (Lipinski definition) is 4. The summed E-state index contributed by atoms with van der Waals surface area (Å²) in [5.74, 6) is -0.0323. The summed E-state index contributed by atoms with van der Waals surface area (Å²) in [6.45, 7) is 1.97. The third kappa shape index (κ3) is 3.25. The smallest absolute Gasteiger partial charge is 0.159 e. The van der Waals surface area contributed by atoms with Gasteiger partial charge in [0.05, 0.1) is 23.5 Å². The highest BCUT2D eigenvalue weighted by molar-refractivity contribution is 9.10. The maximum absolute atomic E-state index is 11.5. The minimum Gasteiger partial charge on any atom is -0.378 e. The van der Waals surface area contributed by atoms with Gasteiger partial charge in [0.2, 0.25) is 0 Å². The van der Waals surface area contributed by atoms with Gasteiger partial charge < -0.3 is 9.72 Å². The molecule has 0 aliphatic rings. The number of aromatic nitrogens is 2. The molecule has 0 fully saturated rings. The van der Waals surface area contributed by atoms with Crippen molar-refractivity contribution in [3.05, 3.63) is 64.0 Å². The molecular formula is C17H13BrN4O. The van der Waals surface area contributed by atoms with Gasteiger partial charge in [-0.1, -0.05) is 0 Å². The van der Waals surface area contributed by atoms with E-state index in [4.69, 9.17) is 0 Å². The summed E-state index contributed by atoms with van der Waals surface area (Å²) < 4.78 is 2.90. The number of ketones is 1. The van der Waals surface area contributed by atoms with Crippen LogP contribution in [-0.4, -0.2) is 15.2 Å². The van der Waals surface area contributed by atoms with Crippen molar-refractivity contribution in [2.45, 2.75) is 13.5 Å². The predicted molar refractivity (Wildman–Crippen MR) is 91.4 cm³/mol. The van der Waals surface area contributed by atoms with Crippen LogP contribution in [0.15, 0.2) is 47.2 Å². The van der Waals surface area contributed by atoms with E-state index in [1.165, 1.54) is 6.92 Å². The number of halogens is 1. The second-order valence-corrected chi connectivity index (χ2v) is 6.04. The van der Waals surface area contributed by atoms with Gasteiger partial charge in [0, 0.05) is 22.4 Å². The summed E-state index contributed by atoms with van der Waals surface area (Å²) in [6.07, 6.45) is 3.86. The fraction of sp³-hybridized carbons (Fsp3) is 0.118. The SMILES string of the molecule is CC(=O)c1ccc(C#N)c(NCc2cn3cc(Br)ccc3n2)c1. The van der Waals surface area contributed by atoms with Crippen LogP contribution in [0, 0.1) is 11.3 Å². The number of fused-ring (bicyclic) bond motifs is 1. The van der Waals surface area contributed by atoms with Gasteiger partial charge in [-0.2, -0.15) is 5.26 Å². The fourth-order valence-corrected chi connectivity index (χ4v) is 2.65. The van der Waals surface area contributed by atoms with E-state index >= 15 is 0 Å². The Bertz CT molecular complexity index is 939. The van der Waals surface area contributed by atoms with E-state index in [0.717, 1.165) is 15.8 Å². The largest absolute Gasteiger partial charge is 0.378 e. The van der Waals surface area contributed by atoms with Gasteiger partial charge in [-0.3, -0.25) is 4.79 Å². The molecule has 0 amide bonds. The molecule has 6 heteroatoms. The first-order valence-corrected chi connectivity index (χ1v) is 7.78. The molecule has 2 heterocycles. The molecule has 0 saturated heterocycles. The number of nitriles is 1. The summed E-state index contributed by atoms with van der Waals surface area (Å²) in [4.78, 5) is 16.0. The number of Topliss-reactive ketones (excluding diaryl/α,β-unsaturated/α-hetero) is 1. The number of hydrogen-bond donors (Lipinski definition) is 1. The molecule has 1 aromatic carbocycles. The third-order valence-corrected chi connectivity index (χ3v) is 3.94. The van der Waals surface area contributed by atoms with Crippen molar-refractivity contribution in [3.8, 4) is 6.07 Å². The topological polar surface area (TPSA) is 70.2 Å². The van der Waals surface area contributed by atoms with Crippen LogP contribution in [-0.2, 0) is 6.54 Å². The van der Waals surface area contributed by atoms with Crippen LogP contribution in [0.25, 0.3) is 5.65 Å². The van der Waals surface area contributed by atoms with Crippen molar-refractivity contribution in [2.24, 2.45) is 0 Å². The van der Waals surface area contributed by atoms with Crippen molar-refractivity contribution < 1.29 is 4.79 Å². The number of nitrogens with zero attached hydrogens (tertiary/aromatic N) is 3. The molecule has 23 heavy (non-hydrogen) atoms. The second kappa shape index (κ2) is 6.23. The molecule has 0 unspecified atom stereocenters. The molecular weight excluding hydrogens is 356 g/mol. The number of pyridine rings is 1. The molecule has 1 N–H and O–H groups in total. The summed E-state index contributed by atoms with van der Waals surface area (Å²) in [5.41, 5.74) is 3.41. The summed E-state index contributed by atoms with van der Waals surface area (Å²) in [5, 5.41) is 12.4. The van der Waals surface area contributed by atoms with Gasteiger partial charge in [0.1, 0.15) is 11.7 Å². The number of carbonyl (C=O) groups excluding carboxylic acids is 1. The molecule has 0 bridgehead atoms. The molecule has 0 saturated carbocycles. The summed E-state index contributed by atoms with van der Waals surface area (Å²) in [7, 11) is 0. The Morgan fingerprint density at radius 1 is 1.35 bits per heavy atom. The number of carbonyl (C=O) groups is 1. The van der Waals surface area contributed by atoms with E-state index in [1.54, 1.807) is 18.2 Å². The first kappa shape index (κ1) is 15.3. The molecule has 0 atom stereocenters. The van der Waals surface area contributed by atoms with Crippen molar-refractivity contribution in [1.29, 1.82) is 5.26 Å². The van der Waals surface area contributed by atoms with Crippen LogP contribution in [0.3, 0.4) is 0 Å². The van der Waals surface area contributed by atoms with Crippen LogP contribution in [0.1, 0.15) is 28.5 Å². The molecule has 0 spiro atoms. The molecule has 0 aliphatic heterocycles. The molecule has 3 aromatic rings. The Morgan fingerprint density at radius 2 is 2.17 bits per heavy atom. The quantitative estimate of drug-likeness (QED) is 0.711. The second-order valence-electron chi connectivity index (χ2n) is 5.13. The third-order valence-electron chi connectivity index (χ3n) is 3.47. The monoisotopic (exact) mass is 368 g/mol. The fourth-order valence-electron chi connectivity index (χ4n) is 2.30. The average molecular weight is 369 g/mol. The van der Waals surface area contributed by atoms with Crippen LogP contribution in [0.5, 0.6) is 0 Å². The summed E-state index contributed by atoms with van der Waals surface area (Å²) in [6, 6.07) is 11.0. The first-order chi connectivity index (χ1) is 11.1. The van der Waals surface area contributed by atoms with E-state index in [1.807, 2.05) is 28.9 Å². The lowest BCUT2D eigenvalue weighted by Gasteiger charge is -2.08. The Balaban J connectivity index is 1.85. The Hall–Kier alpha value is -2.65.